The van der Waals surface area contributed by atoms with Gasteiger partial charge in [-0.1, -0.05) is 12.8 Å². The van der Waals surface area contributed by atoms with Crippen molar-refractivity contribution in [1.29, 1.82) is 0 Å². The number of hydrogen-bond acceptors (Lipinski definition) is 3. The molecule has 3 heteroatoms. The summed E-state index contributed by atoms with van der Waals surface area (Å²) in [5, 5.41) is 0. The molecule has 16 heavy (non-hydrogen) atoms. The largest absolute Gasteiger partial charge is 0.376 e. The Hall–Kier alpha value is -0.120. The van der Waals surface area contributed by atoms with E-state index in [1.807, 2.05) is 0 Å². The Morgan fingerprint density at radius 2 is 2.00 bits per heavy atom. The molecule has 0 aromatic heterocycles. The van der Waals surface area contributed by atoms with Crippen LogP contribution in [0.4, 0.5) is 0 Å². The number of nitrogens with zero attached hydrogens (tertiary/aromatic N) is 1. The molecule has 94 valence electrons. The number of morpholine rings is 1. The van der Waals surface area contributed by atoms with Gasteiger partial charge in [-0.25, -0.2) is 0 Å². The van der Waals surface area contributed by atoms with Gasteiger partial charge in [-0.05, 0) is 32.6 Å². The molecule has 3 atom stereocenters. The Labute approximate surface area is 99.3 Å². The lowest BCUT2D eigenvalue weighted by Gasteiger charge is -2.43. The summed E-state index contributed by atoms with van der Waals surface area (Å²) in [6, 6.07) is 1.12. The van der Waals surface area contributed by atoms with Crippen LogP contribution in [-0.2, 0) is 4.74 Å². The van der Waals surface area contributed by atoms with Crippen LogP contribution in [0.5, 0.6) is 0 Å². The summed E-state index contributed by atoms with van der Waals surface area (Å²) in [5.41, 5.74) is 6.01. The molecule has 1 heterocycles. The number of rotatable bonds is 3. The summed E-state index contributed by atoms with van der Waals surface area (Å²) in [4.78, 5) is 2.60. The van der Waals surface area contributed by atoms with Crippen LogP contribution in [-0.4, -0.2) is 42.8 Å². The highest BCUT2D eigenvalue weighted by molar-refractivity contribution is 4.88. The van der Waals surface area contributed by atoms with Gasteiger partial charge >= 0.3 is 0 Å². The Kier molecular flexibility index (Phi) is 4.22. The van der Waals surface area contributed by atoms with Crippen molar-refractivity contribution in [3.63, 3.8) is 0 Å². The first-order chi connectivity index (χ1) is 7.72. The molecule has 1 aliphatic carbocycles. The van der Waals surface area contributed by atoms with E-state index in [1.54, 1.807) is 0 Å². The lowest BCUT2D eigenvalue weighted by molar-refractivity contribution is -0.0730. The van der Waals surface area contributed by atoms with Crippen molar-refractivity contribution in [1.82, 2.24) is 4.90 Å². The summed E-state index contributed by atoms with van der Waals surface area (Å²) in [6.45, 7) is 7.16. The third kappa shape index (κ3) is 2.58. The zero-order valence-electron chi connectivity index (χ0n) is 10.7. The van der Waals surface area contributed by atoms with Gasteiger partial charge in [0.05, 0.1) is 12.7 Å². The topological polar surface area (TPSA) is 38.5 Å². The number of ether oxygens (including phenoxy) is 1. The molecule has 0 aromatic carbocycles. The third-order valence-corrected chi connectivity index (χ3v) is 4.27. The molecule has 2 rings (SSSR count). The Morgan fingerprint density at radius 3 is 2.62 bits per heavy atom. The van der Waals surface area contributed by atoms with Crippen molar-refractivity contribution in [3.8, 4) is 0 Å². The molecule has 2 N–H and O–H groups in total. The van der Waals surface area contributed by atoms with E-state index in [0.29, 0.717) is 18.2 Å². The molecule has 0 aromatic rings. The summed E-state index contributed by atoms with van der Waals surface area (Å²) < 4.78 is 5.70. The first kappa shape index (κ1) is 12.3. The van der Waals surface area contributed by atoms with Crippen molar-refractivity contribution in [2.45, 2.75) is 57.7 Å². The van der Waals surface area contributed by atoms with Crippen LogP contribution >= 0.6 is 0 Å². The van der Waals surface area contributed by atoms with Crippen molar-refractivity contribution in [2.75, 3.05) is 19.7 Å². The van der Waals surface area contributed by atoms with Gasteiger partial charge in [0.15, 0.2) is 0 Å². The van der Waals surface area contributed by atoms with Crippen molar-refractivity contribution < 1.29 is 4.74 Å². The van der Waals surface area contributed by atoms with Gasteiger partial charge in [-0.3, -0.25) is 4.90 Å². The van der Waals surface area contributed by atoms with Gasteiger partial charge in [-0.2, -0.15) is 0 Å². The van der Waals surface area contributed by atoms with E-state index in [0.717, 1.165) is 25.6 Å². The molecule has 0 bridgehead atoms. The van der Waals surface area contributed by atoms with Crippen molar-refractivity contribution >= 4 is 0 Å². The first-order valence-electron chi connectivity index (χ1n) is 6.79. The standard InChI is InChI=1S/C13H26N2O/c1-10-9-16-11(2)8-15(10)13(7-14)12-5-3-4-6-12/h10-13H,3-9,14H2,1-2H3. The van der Waals surface area contributed by atoms with E-state index >= 15 is 0 Å². The fourth-order valence-electron chi connectivity index (χ4n) is 3.33. The summed E-state index contributed by atoms with van der Waals surface area (Å²) in [6.07, 6.45) is 5.91. The van der Waals surface area contributed by atoms with E-state index in [4.69, 9.17) is 10.5 Å². The fraction of sp³-hybridized carbons (Fsp3) is 1.00. The van der Waals surface area contributed by atoms with Crippen LogP contribution in [0, 0.1) is 5.92 Å². The van der Waals surface area contributed by atoms with Crippen LogP contribution in [0.2, 0.25) is 0 Å². The monoisotopic (exact) mass is 226 g/mol. The van der Waals surface area contributed by atoms with Crippen LogP contribution in [0.25, 0.3) is 0 Å². The molecule has 1 saturated heterocycles. The summed E-state index contributed by atoms with van der Waals surface area (Å²) >= 11 is 0. The number of hydrogen-bond donors (Lipinski definition) is 1. The average Bonchev–Trinajstić information content (AvgIpc) is 2.78. The summed E-state index contributed by atoms with van der Waals surface area (Å²) in [7, 11) is 0. The van der Waals surface area contributed by atoms with E-state index in [2.05, 4.69) is 18.7 Å². The highest BCUT2D eigenvalue weighted by Gasteiger charge is 2.34. The molecule has 1 aliphatic heterocycles. The van der Waals surface area contributed by atoms with Crippen LogP contribution in [0.15, 0.2) is 0 Å². The quantitative estimate of drug-likeness (QED) is 0.794. The highest BCUT2D eigenvalue weighted by atomic mass is 16.5. The minimum atomic E-state index is 0.367. The zero-order chi connectivity index (χ0) is 11.5. The number of nitrogens with two attached hydrogens (primary N) is 1. The maximum Gasteiger partial charge on any atom is 0.0674 e. The molecule has 3 nitrogen and oxygen atoms in total. The molecule has 0 amide bonds. The Balaban J connectivity index is 2.00. The van der Waals surface area contributed by atoms with E-state index < -0.39 is 0 Å². The lowest BCUT2D eigenvalue weighted by Crippen LogP contribution is -2.56. The predicted molar refractivity (Wildman–Crippen MR) is 66.4 cm³/mol. The lowest BCUT2D eigenvalue weighted by atomic mass is 9.94. The molecule has 0 radical (unpaired) electrons. The normalized spacial score (nSPS) is 35.4. The Bertz CT molecular complexity index is 216. The van der Waals surface area contributed by atoms with Gasteiger partial charge < -0.3 is 10.5 Å². The predicted octanol–water partition coefficient (Wildman–Crippen LogP) is 1.61. The van der Waals surface area contributed by atoms with Crippen LogP contribution in [0.3, 0.4) is 0 Å². The summed E-state index contributed by atoms with van der Waals surface area (Å²) in [5.74, 6) is 0.831. The van der Waals surface area contributed by atoms with Crippen molar-refractivity contribution in [2.24, 2.45) is 11.7 Å². The Morgan fingerprint density at radius 1 is 1.31 bits per heavy atom. The van der Waals surface area contributed by atoms with Gasteiger partial charge in [0.2, 0.25) is 0 Å². The van der Waals surface area contributed by atoms with E-state index in [9.17, 15) is 0 Å². The van der Waals surface area contributed by atoms with Gasteiger partial charge in [0.1, 0.15) is 0 Å². The minimum absolute atomic E-state index is 0.367. The molecule has 0 spiro atoms. The van der Waals surface area contributed by atoms with Crippen molar-refractivity contribution in [3.05, 3.63) is 0 Å². The van der Waals surface area contributed by atoms with Crippen LogP contribution < -0.4 is 5.73 Å². The molecular formula is C13H26N2O. The zero-order valence-corrected chi connectivity index (χ0v) is 10.7. The third-order valence-electron chi connectivity index (χ3n) is 4.27. The van der Waals surface area contributed by atoms with Gasteiger partial charge in [-0.15, -0.1) is 0 Å². The maximum atomic E-state index is 6.01. The van der Waals surface area contributed by atoms with Gasteiger partial charge in [0.25, 0.3) is 0 Å². The maximum absolute atomic E-state index is 6.01. The highest BCUT2D eigenvalue weighted by Crippen LogP contribution is 2.31. The molecule has 1 saturated carbocycles. The molecule has 2 aliphatic rings. The van der Waals surface area contributed by atoms with Crippen LogP contribution in [0.1, 0.15) is 39.5 Å². The molecular weight excluding hydrogens is 200 g/mol. The SMILES string of the molecule is CC1CN(C(CN)C2CCCC2)C(C)CO1. The second kappa shape index (κ2) is 5.48. The fourth-order valence-corrected chi connectivity index (χ4v) is 3.33. The first-order valence-corrected chi connectivity index (χ1v) is 6.79. The minimum Gasteiger partial charge on any atom is -0.376 e. The average molecular weight is 226 g/mol. The molecule has 3 unspecified atom stereocenters. The van der Waals surface area contributed by atoms with Gasteiger partial charge in [0, 0.05) is 25.2 Å². The smallest absolute Gasteiger partial charge is 0.0674 e. The van der Waals surface area contributed by atoms with E-state index in [1.165, 1.54) is 25.7 Å². The van der Waals surface area contributed by atoms with E-state index in [-0.39, 0.29) is 0 Å². The second-order valence-corrected chi connectivity index (χ2v) is 5.54. The molecule has 2 fully saturated rings. The second-order valence-electron chi connectivity index (χ2n) is 5.54.